The number of esters is 1. The molecule has 0 amide bonds. The number of hydrogen-bond acceptors (Lipinski definition) is 7. The highest BCUT2D eigenvalue weighted by molar-refractivity contribution is 6.32. The average molecular weight is 434 g/mol. The van der Waals surface area contributed by atoms with Crippen LogP contribution in [0, 0.1) is 11.8 Å². The molecule has 0 bridgehead atoms. The Hall–Kier alpha value is -2.03. The van der Waals surface area contributed by atoms with Crippen LogP contribution in [0.15, 0.2) is 24.3 Å². The first-order valence-corrected chi connectivity index (χ1v) is 10.9. The van der Waals surface area contributed by atoms with E-state index in [0.29, 0.717) is 28.5 Å². The number of carbonyl (C=O) groups is 1. The van der Waals surface area contributed by atoms with Gasteiger partial charge in [0.25, 0.3) is 0 Å². The third-order valence-electron chi connectivity index (χ3n) is 6.47. The number of tetrazole rings is 1. The Kier molecular flexibility index (Phi) is 6.36. The van der Waals surface area contributed by atoms with E-state index >= 15 is 0 Å². The zero-order chi connectivity index (χ0) is 21.1. The summed E-state index contributed by atoms with van der Waals surface area (Å²) in [5.74, 6) is 1.65. The van der Waals surface area contributed by atoms with Crippen LogP contribution in [-0.2, 0) is 19.8 Å². The molecule has 2 aromatic rings. The molecule has 0 spiro atoms. The molecule has 2 saturated carbocycles. The molecule has 0 aliphatic heterocycles. The summed E-state index contributed by atoms with van der Waals surface area (Å²) in [6, 6.07) is 7.81. The Bertz CT molecular complexity index is 887. The van der Waals surface area contributed by atoms with Crippen LogP contribution in [0.25, 0.3) is 5.69 Å². The van der Waals surface area contributed by atoms with Crippen molar-refractivity contribution in [3.05, 3.63) is 35.1 Å². The summed E-state index contributed by atoms with van der Waals surface area (Å²) in [7, 11) is 1.35. The molecular formula is C21H28ClN5O3. The molecule has 1 aromatic carbocycles. The van der Waals surface area contributed by atoms with E-state index in [9.17, 15) is 4.79 Å². The molecule has 2 fully saturated rings. The molecule has 4 rings (SSSR count). The van der Waals surface area contributed by atoms with Crippen molar-refractivity contribution in [2.45, 2.75) is 50.6 Å². The van der Waals surface area contributed by atoms with Gasteiger partial charge in [0.05, 0.1) is 24.4 Å². The molecule has 1 unspecified atom stereocenters. The first kappa shape index (κ1) is 21.2. The van der Waals surface area contributed by atoms with Crippen molar-refractivity contribution in [1.29, 1.82) is 0 Å². The first-order valence-electron chi connectivity index (χ1n) is 10.5. The number of hydrogen-bond donors (Lipinski definition) is 1. The summed E-state index contributed by atoms with van der Waals surface area (Å²) in [5, 5.41) is 16.8. The maximum atomic E-state index is 11.6. The predicted molar refractivity (Wildman–Crippen MR) is 111 cm³/mol. The van der Waals surface area contributed by atoms with Crippen LogP contribution in [0.5, 0.6) is 0 Å². The van der Waals surface area contributed by atoms with Gasteiger partial charge in [-0.2, -0.15) is 4.68 Å². The minimum Gasteiger partial charge on any atom is -0.467 e. The van der Waals surface area contributed by atoms with Crippen molar-refractivity contribution in [3.8, 4) is 5.69 Å². The van der Waals surface area contributed by atoms with Crippen LogP contribution in [-0.4, -0.2) is 52.5 Å². The fourth-order valence-corrected chi connectivity index (χ4v) is 4.65. The number of methoxy groups -OCH3 is 1. The third-order valence-corrected chi connectivity index (χ3v) is 6.79. The lowest BCUT2D eigenvalue weighted by atomic mass is 9.63. The largest absolute Gasteiger partial charge is 0.467 e. The lowest BCUT2D eigenvalue weighted by Crippen LogP contribution is -2.58. The van der Waals surface area contributed by atoms with Gasteiger partial charge >= 0.3 is 5.97 Å². The molecule has 1 heterocycles. The van der Waals surface area contributed by atoms with Crippen LogP contribution in [0.2, 0.25) is 5.02 Å². The van der Waals surface area contributed by atoms with E-state index in [-0.39, 0.29) is 13.2 Å². The van der Waals surface area contributed by atoms with Gasteiger partial charge in [0.1, 0.15) is 12.1 Å². The number of nitrogens with one attached hydrogen (secondary N) is 1. The number of rotatable bonds is 9. The molecule has 8 nitrogen and oxygen atoms in total. The lowest BCUT2D eigenvalue weighted by Gasteiger charge is -2.49. The summed E-state index contributed by atoms with van der Waals surface area (Å²) in [6.45, 7) is 2.11. The van der Waals surface area contributed by atoms with Gasteiger partial charge in [0.15, 0.2) is 5.82 Å². The molecular weight excluding hydrogens is 406 g/mol. The highest BCUT2D eigenvalue weighted by Gasteiger charge is 2.44. The van der Waals surface area contributed by atoms with Crippen molar-refractivity contribution < 1.29 is 14.3 Å². The number of benzene rings is 1. The fourth-order valence-electron chi connectivity index (χ4n) is 4.43. The van der Waals surface area contributed by atoms with Gasteiger partial charge in [0.2, 0.25) is 0 Å². The molecule has 162 valence electrons. The minimum absolute atomic E-state index is 0.127. The van der Waals surface area contributed by atoms with Crippen molar-refractivity contribution in [3.63, 3.8) is 0 Å². The Morgan fingerprint density at radius 3 is 2.73 bits per heavy atom. The van der Waals surface area contributed by atoms with Crippen LogP contribution >= 0.6 is 11.6 Å². The normalized spacial score (nSPS) is 23.3. The maximum absolute atomic E-state index is 11.6. The zero-order valence-corrected chi connectivity index (χ0v) is 18.1. The van der Waals surface area contributed by atoms with Crippen molar-refractivity contribution >= 4 is 17.6 Å². The van der Waals surface area contributed by atoms with Crippen molar-refractivity contribution in [2.24, 2.45) is 11.8 Å². The Morgan fingerprint density at radius 1 is 1.30 bits per heavy atom. The number of nitrogens with zero attached hydrogens (tertiary/aromatic N) is 4. The number of halogens is 1. The smallest absolute Gasteiger partial charge is 0.331 e. The van der Waals surface area contributed by atoms with Crippen LogP contribution < -0.4 is 5.32 Å². The molecule has 1 N–H and O–H groups in total. The van der Waals surface area contributed by atoms with E-state index in [4.69, 9.17) is 21.1 Å². The van der Waals surface area contributed by atoms with Gasteiger partial charge in [-0.25, -0.2) is 4.79 Å². The van der Waals surface area contributed by atoms with Gasteiger partial charge in [-0.15, -0.1) is 5.10 Å². The Morgan fingerprint density at radius 2 is 2.10 bits per heavy atom. The molecule has 0 radical (unpaired) electrons. The Labute approximate surface area is 181 Å². The molecule has 2 aliphatic carbocycles. The van der Waals surface area contributed by atoms with Gasteiger partial charge in [-0.05, 0) is 54.2 Å². The summed E-state index contributed by atoms with van der Waals surface area (Å²) in [5.41, 5.74) is -0.00615. The van der Waals surface area contributed by atoms with Crippen LogP contribution in [0.4, 0.5) is 0 Å². The fraction of sp³-hybridized carbons (Fsp3) is 0.619. The summed E-state index contributed by atoms with van der Waals surface area (Å²) in [6.07, 6.45) is 6.32. The summed E-state index contributed by atoms with van der Waals surface area (Å²) < 4.78 is 12.1. The van der Waals surface area contributed by atoms with Gasteiger partial charge in [0, 0.05) is 6.04 Å². The molecule has 0 saturated heterocycles. The highest BCUT2D eigenvalue weighted by atomic mass is 35.5. The standard InChI is InChI=1S/C21H28ClN5O3/c1-21(13-30-12-19(28)29-2,23-17-11-10-15(17)14-6-5-7-14)20-24-25-26-27(20)18-9-4-3-8-16(18)22/h3-4,8-9,14-15,17,23H,5-7,10-13H2,1-2H3/t15-,17-,21?/m1/s1. The number of aromatic nitrogens is 4. The van der Waals surface area contributed by atoms with E-state index in [1.807, 2.05) is 25.1 Å². The van der Waals surface area contributed by atoms with Crippen molar-refractivity contribution in [1.82, 2.24) is 25.5 Å². The second kappa shape index (κ2) is 8.99. The van der Waals surface area contributed by atoms with Crippen LogP contribution in [0.1, 0.15) is 44.9 Å². The Balaban J connectivity index is 1.60. The van der Waals surface area contributed by atoms with E-state index < -0.39 is 11.5 Å². The summed E-state index contributed by atoms with van der Waals surface area (Å²) >= 11 is 6.41. The minimum atomic E-state index is -0.705. The van der Waals surface area contributed by atoms with E-state index in [2.05, 4.69) is 20.8 Å². The van der Waals surface area contributed by atoms with Crippen LogP contribution in [0.3, 0.4) is 0 Å². The van der Waals surface area contributed by atoms with Crippen molar-refractivity contribution in [2.75, 3.05) is 20.3 Å². The molecule has 1 aromatic heterocycles. The summed E-state index contributed by atoms with van der Waals surface area (Å²) in [4.78, 5) is 11.6. The van der Waals surface area contributed by atoms with Gasteiger partial charge in [-0.3, -0.25) is 5.32 Å². The average Bonchev–Trinajstić information content (AvgIpc) is 3.18. The second-order valence-electron chi connectivity index (χ2n) is 8.45. The molecule has 30 heavy (non-hydrogen) atoms. The third kappa shape index (κ3) is 4.22. The van der Waals surface area contributed by atoms with E-state index in [0.717, 1.165) is 12.3 Å². The zero-order valence-electron chi connectivity index (χ0n) is 17.4. The molecule has 3 atom stereocenters. The van der Waals surface area contributed by atoms with Gasteiger partial charge < -0.3 is 9.47 Å². The van der Waals surface area contributed by atoms with E-state index in [1.165, 1.54) is 32.8 Å². The topological polar surface area (TPSA) is 91.2 Å². The second-order valence-corrected chi connectivity index (χ2v) is 8.86. The van der Waals surface area contributed by atoms with Gasteiger partial charge in [-0.1, -0.05) is 43.0 Å². The monoisotopic (exact) mass is 433 g/mol. The van der Waals surface area contributed by atoms with E-state index in [1.54, 1.807) is 10.7 Å². The lowest BCUT2D eigenvalue weighted by molar-refractivity contribution is -0.146. The number of carbonyl (C=O) groups excluding carboxylic acids is 1. The number of para-hydroxylation sites is 1. The highest BCUT2D eigenvalue weighted by Crippen LogP contribution is 2.45. The predicted octanol–water partition coefficient (Wildman–Crippen LogP) is 2.89. The number of ether oxygens (including phenoxy) is 2. The molecule has 2 aliphatic rings. The SMILES string of the molecule is COC(=O)COCC(C)(N[C@@H]1CC[C@@H]1C1CCC1)c1nnnn1-c1ccccc1Cl. The molecule has 9 heteroatoms. The first-order chi connectivity index (χ1) is 14.5. The quantitative estimate of drug-likeness (QED) is 0.608. The maximum Gasteiger partial charge on any atom is 0.331 e.